The molecule has 4 saturated heterocycles. The Balaban J connectivity index is 0.746. The number of imide groups is 2. The number of anilines is 2. The number of carbonyl (C=O) groups excluding carboxylic acids is 5. The van der Waals surface area contributed by atoms with E-state index in [1.54, 1.807) is 0 Å². The maximum atomic E-state index is 13.6. The van der Waals surface area contributed by atoms with Crippen molar-refractivity contribution in [3.05, 3.63) is 98.9 Å². The van der Waals surface area contributed by atoms with Crippen molar-refractivity contribution in [1.82, 2.24) is 19.6 Å². The highest BCUT2D eigenvalue weighted by Gasteiger charge is 2.47. The van der Waals surface area contributed by atoms with Crippen LogP contribution in [0, 0.1) is 17.9 Å². The largest absolute Gasteiger partial charge is 0.371 e. The second kappa shape index (κ2) is 14.8. The van der Waals surface area contributed by atoms with Crippen molar-refractivity contribution in [2.75, 3.05) is 56.1 Å². The molecular formula is C45H48ClN7O5. The van der Waals surface area contributed by atoms with Gasteiger partial charge in [-0.05, 0) is 116 Å². The van der Waals surface area contributed by atoms with E-state index in [-0.39, 0.29) is 30.1 Å². The van der Waals surface area contributed by atoms with Gasteiger partial charge >= 0.3 is 0 Å². The maximum absolute atomic E-state index is 13.6. The van der Waals surface area contributed by atoms with Crippen molar-refractivity contribution < 1.29 is 24.0 Å². The first-order valence-corrected chi connectivity index (χ1v) is 20.9. The van der Waals surface area contributed by atoms with Crippen LogP contribution < -0.4 is 9.80 Å². The summed E-state index contributed by atoms with van der Waals surface area (Å²) in [5.74, 6) is -1.24. The summed E-state index contributed by atoms with van der Waals surface area (Å²) in [5, 5.41) is 0.511. The maximum Gasteiger partial charge on any atom is 0.262 e. The van der Waals surface area contributed by atoms with Crippen molar-refractivity contribution >= 4 is 58.2 Å². The van der Waals surface area contributed by atoms with E-state index in [0.717, 1.165) is 96.1 Å². The number of rotatable bonds is 6. The van der Waals surface area contributed by atoms with Crippen LogP contribution in [0.4, 0.5) is 17.1 Å². The molecule has 0 radical (unpaired) electrons. The van der Waals surface area contributed by atoms with Crippen molar-refractivity contribution in [3.63, 3.8) is 0 Å². The van der Waals surface area contributed by atoms with Gasteiger partial charge in [-0.2, -0.15) is 0 Å². The Kier molecular flexibility index (Phi) is 9.80. The predicted molar refractivity (Wildman–Crippen MR) is 220 cm³/mol. The number of nitrogens with zero attached hydrogens (tertiary/aromatic N) is 7. The quantitative estimate of drug-likeness (QED) is 0.209. The Morgan fingerprint density at radius 2 is 1.50 bits per heavy atom. The number of piperidine rings is 3. The van der Waals surface area contributed by atoms with Gasteiger partial charge in [-0.25, -0.2) is 4.85 Å². The highest BCUT2D eigenvalue weighted by molar-refractivity contribution is 6.33. The third-order valence-corrected chi connectivity index (χ3v) is 14.1. The van der Waals surface area contributed by atoms with Crippen LogP contribution in [0.25, 0.3) is 4.85 Å². The molecule has 3 aromatic rings. The predicted octanol–water partition coefficient (Wildman–Crippen LogP) is 6.39. The fourth-order valence-corrected chi connectivity index (χ4v) is 10.7. The van der Waals surface area contributed by atoms with Crippen molar-refractivity contribution in [2.45, 2.75) is 77.0 Å². The third-order valence-electron chi connectivity index (χ3n) is 13.8. The van der Waals surface area contributed by atoms with E-state index in [0.29, 0.717) is 60.0 Å². The lowest BCUT2D eigenvalue weighted by molar-refractivity contribution is -0.149. The normalized spacial score (nSPS) is 23.6. The summed E-state index contributed by atoms with van der Waals surface area (Å²) in [6, 6.07) is 17.0. The molecule has 6 heterocycles. The molecule has 12 nitrogen and oxygen atoms in total. The van der Waals surface area contributed by atoms with Gasteiger partial charge in [0.15, 0.2) is 0 Å². The third kappa shape index (κ3) is 6.72. The molecule has 4 fully saturated rings. The first-order chi connectivity index (χ1) is 27.9. The molecule has 6 aliphatic rings. The second-order valence-electron chi connectivity index (χ2n) is 17.4. The van der Waals surface area contributed by atoms with Crippen molar-refractivity contribution in [3.8, 4) is 0 Å². The van der Waals surface area contributed by atoms with Crippen LogP contribution in [0.1, 0.15) is 94.1 Å². The second-order valence-corrected chi connectivity index (χ2v) is 17.8. The van der Waals surface area contributed by atoms with Gasteiger partial charge in [-0.15, -0.1) is 0 Å². The average molecular weight is 802 g/mol. The molecule has 1 spiro atoms. The molecule has 13 heteroatoms. The zero-order chi connectivity index (χ0) is 40.5. The van der Waals surface area contributed by atoms with Crippen LogP contribution >= 0.6 is 11.6 Å². The number of halogens is 1. The number of fused-ring (bicyclic) bond motifs is 2. The average Bonchev–Trinajstić information content (AvgIpc) is 3.86. The fourth-order valence-electron chi connectivity index (χ4n) is 10.5. The number of amides is 5. The number of likely N-dealkylation sites (tertiary alicyclic amines) is 2. The number of carbonyl (C=O) groups is 5. The lowest BCUT2D eigenvalue weighted by Gasteiger charge is -2.40. The van der Waals surface area contributed by atoms with Gasteiger partial charge in [0.05, 0.1) is 17.7 Å². The van der Waals surface area contributed by atoms with Gasteiger partial charge in [0.1, 0.15) is 6.04 Å². The molecule has 58 heavy (non-hydrogen) atoms. The molecule has 6 aliphatic heterocycles. The molecule has 5 amide bonds. The Labute approximate surface area is 344 Å². The summed E-state index contributed by atoms with van der Waals surface area (Å²) < 4.78 is 0. The summed E-state index contributed by atoms with van der Waals surface area (Å²) in [6.45, 7) is 16.2. The van der Waals surface area contributed by atoms with Crippen LogP contribution in [0.2, 0.25) is 5.02 Å². The minimum Gasteiger partial charge on any atom is -0.371 e. The number of hydrogen-bond donors (Lipinski definition) is 0. The first kappa shape index (κ1) is 38.3. The molecule has 0 saturated carbocycles. The van der Waals surface area contributed by atoms with Gasteiger partial charge < -0.3 is 14.7 Å². The molecule has 0 N–H and O–H groups in total. The smallest absolute Gasteiger partial charge is 0.262 e. The molecular weight excluding hydrogens is 754 g/mol. The fraction of sp³-hybridized carbons (Fsp3) is 0.467. The van der Waals surface area contributed by atoms with Crippen LogP contribution in [0.15, 0.2) is 54.6 Å². The van der Waals surface area contributed by atoms with Crippen LogP contribution in [-0.2, 0) is 22.7 Å². The number of likely N-dealkylation sites (N-methyl/N-ethyl adjacent to an activating group) is 1. The van der Waals surface area contributed by atoms with Gasteiger partial charge in [0.2, 0.25) is 11.6 Å². The zero-order valence-corrected chi connectivity index (χ0v) is 33.8. The molecule has 0 aliphatic carbocycles. The zero-order valence-electron chi connectivity index (χ0n) is 33.1. The van der Waals surface area contributed by atoms with Gasteiger partial charge in [-0.3, -0.25) is 38.7 Å². The molecule has 9 rings (SSSR count). The molecule has 2 atom stereocenters. The Hall–Kier alpha value is -5.25. The SMILES string of the molecule is [C-]#[N+]c1ccc(N2CC3(CCN(c4ccc(C(=O)N5CCC(CN6Cc7cc8c(cc7C6)C(=O)N(C6CCC(=O)N(C)C6=O)C8=O)CC5)cc4)CC3)C[C@@H]2C)cc1Cl. The van der Waals surface area contributed by atoms with E-state index in [4.69, 9.17) is 18.2 Å². The Morgan fingerprint density at radius 1 is 0.862 bits per heavy atom. The lowest BCUT2D eigenvalue weighted by atomic mass is 9.76. The standard InChI is InChI=1S/C45H48ClN7O5/c1-28-23-45(27-52(28)34-8-9-38(47-2)37(46)22-34)14-18-50(19-15-45)33-6-4-30(5-7-33)41(55)51-16-12-29(13-17-51)24-49-25-31-20-35-36(21-32(31)26-49)43(57)53(42(35)56)39-10-11-40(54)48(3)44(39)58/h4-9,20-22,28-29,39H,10-19,23-27H2,1,3H3/t28-,39?/m0/s1. The van der Waals surface area contributed by atoms with E-state index in [9.17, 15) is 24.0 Å². The highest BCUT2D eigenvalue weighted by atomic mass is 35.5. The van der Waals surface area contributed by atoms with Crippen molar-refractivity contribution in [1.29, 1.82) is 0 Å². The summed E-state index contributed by atoms with van der Waals surface area (Å²) >= 11 is 6.39. The molecule has 3 aromatic carbocycles. The van der Waals surface area contributed by atoms with Gasteiger partial charge in [0, 0.05) is 93.8 Å². The highest BCUT2D eigenvalue weighted by Crippen LogP contribution is 2.46. The molecule has 0 aromatic heterocycles. The Bertz CT molecular complexity index is 2210. The van der Waals surface area contributed by atoms with E-state index in [2.05, 4.69) is 38.6 Å². The Morgan fingerprint density at radius 3 is 2.12 bits per heavy atom. The summed E-state index contributed by atoms with van der Waals surface area (Å²) in [5.41, 5.74) is 6.43. The number of benzene rings is 3. The minimum atomic E-state index is -0.953. The molecule has 0 bridgehead atoms. The van der Waals surface area contributed by atoms with Gasteiger partial charge in [-0.1, -0.05) is 17.7 Å². The van der Waals surface area contributed by atoms with Crippen LogP contribution in [-0.4, -0.2) is 108 Å². The monoisotopic (exact) mass is 801 g/mol. The van der Waals surface area contributed by atoms with E-state index in [1.807, 2.05) is 47.4 Å². The topological polar surface area (TPSA) is 109 Å². The van der Waals surface area contributed by atoms with E-state index < -0.39 is 23.8 Å². The molecule has 1 unspecified atom stereocenters. The molecule has 300 valence electrons. The van der Waals surface area contributed by atoms with E-state index >= 15 is 0 Å². The first-order valence-electron chi connectivity index (χ1n) is 20.6. The number of hydrogen-bond acceptors (Lipinski definition) is 8. The van der Waals surface area contributed by atoms with E-state index in [1.165, 1.54) is 7.05 Å². The summed E-state index contributed by atoms with van der Waals surface area (Å²) in [7, 11) is 1.40. The summed E-state index contributed by atoms with van der Waals surface area (Å²) in [6.07, 6.45) is 5.44. The van der Waals surface area contributed by atoms with Gasteiger partial charge in [0.25, 0.3) is 23.6 Å². The minimum absolute atomic E-state index is 0.0757. The summed E-state index contributed by atoms with van der Waals surface area (Å²) in [4.78, 5) is 80.1. The van der Waals surface area contributed by atoms with Crippen LogP contribution in [0.5, 0.6) is 0 Å². The van der Waals surface area contributed by atoms with Crippen LogP contribution in [0.3, 0.4) is 0 Å². The van der Waals surface area contributed by atoms with Crippen molar-refractivity contribution in [2.24, 2.45) is 11.3 Å². The lowest BCUT2D eigenvalue weighted by Crippen LogP contribution is -2.54.